The fourth-order valence-electron chi connectivity index (χ4n) is 3.59. The van der Waals surface area contributed by atoms with Gasteiger partial charge in [-0.1, -0.05) is 12.2 Å². The summed E-state index contributed by atoms with van der Waals surface area (Å²) in [7, 11) is 4.70. The maximum atomic E-state index is 13.1. The third kappa shape index (κ3) is 5.95. The highest BCUT2D eigenvalue weighted by Crippen LogP contribution is 2.40. The Balaban J connectivity index is 2.03. The van der Waals surface area contributed by atoms with E-state index in [0.717, 1.165) is 11.6 Å². The van der Waals surface area contributed by atoms with Crippen LogP contribution in [0.5, 0.6) is 40.2 Å². The molecule has 0 aromatic heterocycles. The second-order valence-corrected chi connectivity index (χ2v) is 9.22. The number of hydrogen-bond acceptors (Lipinski definition) is 9. The molecule has 0 amide bonds. The van der Waals surface area contributed by atoms with E-state index < -0.39 is 10.0 Å². The first-order chi connectivity index (χ1) is 17.7. The van der Waals surface area contributed by atoms with Crippen LogP contribution in [-0.2, 0) is 10.0 Å². The molecule has 3 aromatic carbocycles. The number of benzene rings is 3. The summed E-state index contributed by atoms with van der Waals surface area (Å²) in [5, 5.41) is 10.0. The summed E-state index contributed by atoms with van der Waals surface area (Å²) in [5.41, 5.74) is 1.50. The van der Waals surface area contributed by atoms with Gasteiger partial charge in [-0.05, 0) is 47.5 Å². The van der Waals surface area contributed by atoms with Crippen molar-refractivity contribution in [3.05, 3.63) is 53.6 Å². The van der Waals surface area contributed by atoms with Crippen molar-refractivity contribution in [3.63, 3.8) is 0 Å². The number of ether oxygens (including phenoxy) is 6. The number of phenols is 1. The fraction of sp³-hybridized carbons (Fsp3) is 0.231. The third-order valence-electron chi connectivity index (χ3n) is 5.36. The van der Waals surface area contributed by atoms with Crippen molar-refractivity contribution in [1.82, 2.24) is 0 Å². The molecule has 3 rings (SSSR count). The lowest BCUT2D eigenvalue weighted by Gasteiger charge is -2.16. The second-order valence-electron chi connectivity index (χ2n) is 7.54. The zero-order valence-corrected chi connectivity index (χ0v) is 22.1. The Morgan fingerprint density at radius 2 is 1.14 bits per heavy atom. The highest BCUT2D eigenvalue weighted by atomic mass is 32.2. The van der Waals surface area contributed by atoms with Crippen molar-refractivity contribution in [3.8, 4) is 40.2 Å². The quantitative estimate of drug-likeness (QED) is 0.346. The second kappa shape index (κ2) is 11.7. The highest BCUT2D eigenvalue weighted by molar-refractivity contribution is 7.92. The van der Waals surface area contributed by atoms with Crippen LogP contribution in [0.1, 0.15) is 11.1 Å². The molecule has 0 spiro atoms. The first kappa shape index (κ1) is 27.3. The predicted octanol–water partition coefficient (Wildman–Crippen LogP) is 4.42. The smallest absolute Gasteiger partial charge is 0.262 e. The molecule has 37 heavy (non-hydrogen) atoms. The maximum absolute atomic E-state index is 13.1. The van der Waals surface area contributed by atoms with E-state index in [1.54, 1.807) is 36.4 Å². The van der Waals surface area contributed by atoms with Crippen molar-refractivity contribution in [2.45, 2.75) is 4.90 Å². The largest absolute Gasteiger partial charge is 0.504 e. The number of hydrogen-bond donors (Lipinski definition) is 2. The zero-order chi connectivity index (χ0) is 27.2. The molecule has 0 heterocycles. The van der Waals surface area contributed by atoms with E-state index in [0.29, 0.717) is 28.6 Å². The molecule has 0 fully saturated rings. The molecule has 198 valence electrons. The number of nitrogens with one attached hydrogen (secondary N) is 1. The van der Waals surface area contributed by atoms with Gasteiger partial charge >= 0.3 is 0 Å². The average molecular weight is 532 g/mol. The zero-order valence-electron chi connectivity index (χ0n) is 21.3. The van der Waals surface area contributed by atoms with Gasteiger partial charge < -0.3 is 33.5 Å². The Bertz CT molecular complexity index is 1380. The minimum atomic E-state index is -4.10. The molecular weight excluding hydrogens is 502 g/mol. The molecule has 0 saturated heterocycles. The van der Waals surface area contributed by atoms with Gasteiger partial charge in [-0.3, -0.25) is 4.72 Å². The molecule has 11 heteroatoms. The van der Waals surface area contributed by atoms with Gasteiger partial charge in [0.2, 0.25) is 5.75 Å². The van der Waals surface area contributed by atoms with Crippen molar-refractivity contribution < 1.29 is 41.9 Å². The van der Waals surface area contributed by atoms with E-state index in [1.807, 2.05) is 0 Å². The van der Waals surface area contributed by atoms with E-state index in [9.17, 15) is 13.5 Å². The maximum Gasteiger partial charge on any atom is 0.262 e. The molecule has 2 N–H and O–H groups in total. The summed E-state index contributed by atoms with van der Waals surface area (Å²) >= 11 is 0. The monoisotopic (exact) mass is 531 g/mol. The van der Waals surface area contributed by atoms with Crippen LogP contribution in [0.2, 0.25) is 0 Å². The van der Waals surface area contributed by atoms with Crippen LogP contribution in [0, 0.1) is 0 Å². The van der Waals surface area contributed by atoms with Gasteiger partial charge in [-0.25, -0.2) is 8.42 Å². The van der Waals surface area contributed by atoms with E-state index >= 15 is 0 Å². The van der Waals surface area contributed by atoms with Crippen LogP contribution in [0.4, 0.5) is 5.69 Å². The predicted molar refractivity (Wildman–Crippen MR) is 140 cm³/mol. The van der Waals surface area contributed by atoms with Crippen molar-refractivity contribution in [2.24, 2.45) is 0 Å². The summed E-state index contributed by atoms with van der Waals surface area (Å²) < 4.78 is 60.7. The average Bonchev–Trinajstić information content (AvgIpc) is 2.90. The van der Waals surface area contributed by atoms with Gasteiger partial charge in [0.1, 0.15) is 0 Å². The minimum Gasteiger partial charge on any atom is -0.504 e. The third-order valence-corrected chi connectivity index (χ3v) is 6.72. The van der Waals surface area contributed by atoms with Crippen molar-refractivity contribution in [1.29, 1.82) is 0 Å². The van der Waals surface area contributed by atoms with E-state index in [2.05, 4.69) is 4.72 Å². The first-order valence-corrected chi connectivity index (χ1v) is 12.3. The molecule has 0 bridgehead atoms. The summed E-state index contributed by atoms with van der Waals surface area (Å²) in [4.78, 5) is -0.162. The Hall–Kier alpha value is -4.25. The van der Waals surface area contributed by atoms with Gasteiger partial charge in [0.05, 0.1) is 53.2 Å². The molecule has 3 aromatic rings. The van der Waals surface area contributed by atoms with Crippen molar-refractivity contribution in [2.75, 3.05) is 47.4 Å². The van der Waals surface area contributed by atoms with Gasteiger partial charge in [0.25, 0.3) is 10.0 Å². The Morgan fingerprint density at radius 1 is 0.649 bits per heavy atom. The molecule has 0 unspecified atom stereocenters. The lowest BCUT2D eigenvalue weighted by molar-refractivity contribution is 0.324. The van der Waals surface area contributed by atoms with Crippen molar-refractivity contribution >= 4 is 27.9 Å². The Kier molecular flexibility index (Phi) is 8.61. The van der Waals surface area contributed by atoms with E-state index in [-0.39, 0.29) is 27.8 Å². The van der Waals surface area contributed by atoms with Gasteiger partial charge in [-0.15, -0.1) is 0 Å². The van der Waals surface area contributed by atoms with Gasteiger partial charge in [0, 0.05) is 6.07 Å². The van der Waals surface area contributed by atoms with Crippen LogP contribution in [0.25, 0.3) is 12.2 Å². The molecule has 0 radical (unpaired) electrons. The molecular formula is C26H29NO9S. The van der Waals surface area contributed by atoms with E-state index in [4.69, 9.17) is 28.4 Å². The number of methoxy groups -OCH3 is 6. The van der Waals surface area contributed by atoms with Crippen LogP contribution in [-0.4, -0.2) is 56.2 Å². The van der Waals surface area contributed by atoms with Gasteiger partial charge in [0.15, 0.2) is 34.5 Å². The van der Waals surface area contributed by atoms with Gasteiger partial charge in [-0.2, -0.15) is 0 Å². The molecule has 0 atom stereocenters. The lowest BCUT2D eigenvalue weighted by Crippen LogP contribution is -2.14. The summed E-state index contributed by atoms with van der Waals surface area (Å²) in [6.07, 6.45) is 3.56. The summed E-state index contributed by atoms with van der Waals surface area (Å²) in [5.74, 6) is 1.79. The summed E-state index contributed by atoms with van der Waals surface area (Å²) in [6.45, 7) is 0. The van der Waals surface area contributed by atoms with E-state index in [1.165, 1.54) is 54.8 Å². The SMILES string of the molecule is COc1ccc(S(=O)(=O)Nc2cc(/C=C\c3cc(OC)c(OC)c(OC)c3)cc(OC)c2OC)cc1O. The number of anilines is 1. The first-order valence-electron chi connectivity index (χ1n) is 10.8. The summed E-state index contributed by atoms with van der Waals surface area (Å²) in [6, 6.07) is 10.6. The van der Waals surface area contributed by atoms with Crippen LogP contribution in [0.3, 0.4) is 0 Å². The normalized spacial score (nSPS) is 11.2. The molecule has 10 nitrogen and oxygen atoms in total. The Labute approximate surface area is 216 Å². The lowest BCUT2D eigenvalue weighted by atomic mass is 10.1. The Morgan fingerprint density at radius 3 is 1.59 bits per heavy atom. The number of sulfonamides is 1. The standard InChI is InChI=1S/C26H29NO9S/c1-31-21-10-9-18(15-20(21)28)37(29,30)27-19-11-16(12-22(32-2)25(19)35-5)7-8-17-13-23(33-3)26(36-6)24(14-17)34-4/h7-15,27-28H,1-6H3/b8-7-. The number of phenolic OH excluding ortho intramolecular Hbond substituents is 1. The molecule has 0 aliphatic carbocycles. The molecule has 0 aliphatic rings. The number of aromatic hydroxyl groups is 1. The fourth-order valence-corrected chi connectivity index (χ4v) is 4.66. The topological polar surface area (TPSA) is 122 Å². The minimum absolute atomic E-state index is 0.140. The molecule has 0 aliphatic heterocycles. The molecule has 0 saturated carbocycles. The van der Waals surface area contributed by atoms with Crippen LogP contribution < -0.4 is 33.1 Å². The van der Waals surface area contributed by atoms with Crippen LogP contribution >= 0.6 is 0 Å². The van der Waals surface area contributed by atoms with Crippen LogP contribution in [0.15, 0.2) is 47.4 Å². The highest BCUT2D eigenvalue weighted by Gasteiger charge is 2.21. The number of rotatable bonds is 11.